The molecule has 5 rings (SSSR count). The van der Waals surface area contributed by atoms with Crippen molar-refractivity contribution < 1.29 is 36.6 Å². The maximum atomic E-state index is 13.9. The Balaban J connectivity index is 1.33. The molecular formula is C37H40FN3O7S. The highest BCUT2D eigenvalue weighted by Crippen LogP contribution is 2.22. The highest BCUT2D eigenvalue weighted by molar-refractivity contribution is 7.89. The molecule has 0 aliphatic carbocycles. The zero-order chi connectivity index (χ0) is 34.6. The fraction of sp³-hybridized carbons (Fsp3) is 0.297. The summed E-state index contributed by atoms with van der Waals surface area (Å²) in [5.74, 6) is -0.200. The number of hydrogen-bond acceptors (Lipinski definition) is 7. The normalized spacial score (nSPS) is 14.1. The summed E-state index contributed by atoms with van der Waals surface area (Å²) < 4.78 is 57.5. The van der Waals surface area contributed by atoms with Gasteiger partial charge in [-0.05, 0) is 71.6 Å². The summed E-state index contributed by atoms with van der Waals surface area (Å²) in [6, 6.07) is 27.7. The third-order valence-corrected chi connectivity index (χ3v) is 10.1. The van der Waals surface area contributed by atoms with Gasteiger partial charge in [0.15, 0.2) is 6.61 Å². The van der Waals surface area contributed by atoms with Crippen LogP contribution >= 0.6 is 0 Å². The Morgan fingerprint density at radius 2 is 1.49 bits per heavy atom. The fourth-order valence-electron chi connectivity index (χ4n) is 5.45. The lowest BCUT2D eigenvalue weighted by Gasteiger charge is -2.31. The summed E-state index contributed by atoms with van der Waals surface area (Å²) in [7, 11) is -2.10. The van der Waals surface area contributed by atoms with Gasteiger partial charge in [0.25, 0.3) is 5.91 Å². The van der Waals surface area contributed by atoms with Crippen LogP contribution in [-0.2, 0) is 43.7 Å². The number of carbonyl (C=O) groups excluding carboxylic acids is 2. The van der Waals surface area contributed by atoms with Crippen LogP contribution in [0.15, 0.2) is 108 Å². The molecule has 0 bridgehead atoms. The minimum absolute atomic E-state index is 0.0304. The molecule has 1 fully saturated rings. The number of nitrogens with zero attached hydrogens (tertiary/aromatic N) is 2. The van der Waals surface area contributed by atoms with Crippen LogP contribution in [0.5, 0.6) is 11.5 Å². The molecule has 1 aliphatic heterocycles. The largest absolute Gasteiger partial charge is 0.497 e. The van der Waals surface area contributed by atoms with Crippen molar-refractivity contribution >= 4 is 21.8 Å². The van der Waals surface area contributed by atoms with Gasteiger partial charge in [-0.1, -0.05) is 54.6 Å². The number of hydrogen-bond donors (Lipinski definition) is 1. The van der Waals surface area contributed by atoms with E-state index in [1.807, 2.05) is 54.6 Å². The third kappa shape index (κ3) is 9.88. The molecule has 10 nitrogen and oxygen atoms in total. The summed E-state index contributed by atoms with van der Waals surface area (Å²) in [4.78, 5) is 29.4. The summed E-state index contributed by atoms with van der Waals surface area (Å²) in [5.41, 5.74) is 2.50. The molecule has 0 saturated carbocycles. The topological polar surface area (TPSA) is 114 Å². The zero-order valence-corrected chi connectivity index (χ0v) is 28.1. The number of morpholine rings is 1. The van der Waals surface area contributed by atoms with Crippen molar-refractivity contribution in [2.75, 3.05) is 46.6 Å². The lowest BCUT2D eigenvalue weighted by atomic mass is 10.0. The highest BCUT2D eigenvalue weighted by atomic mass is 32.2. The molecule has 2 amide bonds. The Labute approximate surface area is 286 Å². The van der Waals surface area contributed by atoms with Gasteiger partial charge in [-0.2, -0.15) is 4.31 Å². The van der Waals surface area contributed by atoms with Crippen molar-refractivity contribution in [3.8, 4) is 11.5 Å². The molecule has 1 saturated heterocycles. The number of amides is 2. The number of rotatable bonds is 15. The first-order valence-electron chi connectivity index (χ1n) is 16.0. The van der Waals surface area contributed by atoms with Crippen molar-refractivity contribution in [2.45, 2.75) is 30.3 Å². The highest BCUT2D eigenvalue weighted by Gasteiger charge is 2.31. The van der Waals surface area contributed by atoms with Crippen molar-refractivity contribution in [3.05, 3.63) is 126 Å². The summed E-state index contributed by atoms with van der Waals surface area (Å²) >= 11 is 0. The minimum atomic E-state index is -3.69. The molecule has 1 atom stereocenters. The van der Waals surface area contributed by atoms with Crippen molar-refractivity contribution in [1.82, 2.24) is 14.5 Å². The van der Waals surface area contributed by atoms with E-state index in [1.54, 1.807) is 19.2 Å². The molecule has 1 aliphatic rings. The molecule has 4 aromatic carbocycles. The van der Waals surface area contributed by atoms with E-state index in [0.29, 0.717) is 37.5 Å². The number of methoxy groups -OCH3 is 1. The Hall–Kier alpha value is -4.78. The molecule has 49 heavy (non-hydrogen) atoms. The van der Waals surface area contributed by atoms with Gasteiger partial charge in [0.1, 0.15) is 23.4 Å². The van der Waals surface area contributed by atoms with Crippen molar-refractivity contribution in [3.63, 3.8) is 0 Å². The molecule has 258 valence electrons. The monoisotopic (exact) mass is 689 g/mol. The lowest BCUT2D eigenvalue weighted by molar-refractivity contribution is -0.142. The molecule has 1 heterocycles. The van der Waals surface area contributed by atoms with E-state index in [4.69, 9.17) is 14.2 Å². The predicted molar refractivity (Wildman–Crippen MR) is 182 cm³/mol. The number of ether oxygens (including phenoxy) is 3. The number of halogens is 1. The smallest absolute Gasteiger partial charge is 0.261 e. The second-order valence-electron chi connectivity index (χ2n) is 11.5. The maximum absolute atomic E-state index is 13.9. The Bertz CT molecular complexity index is 1770. The number of nitrogens with one attached hydrogen (secondary N) is 1. The molecule has 1 N–H and O–H groups in total. The van der Waals surface area contributed by atoms with Crippen LogP contribution in [0.25, 0.3) is 0 Å². The van der Waals surface area contributed by atoms with Crippen molar-refractivity contribution in [2.24, 2.45) is 0 Å². The molecular weight excluding hydrogens is 649 g/mol. The average molecular weight is 690 g/mol. The van der Waals surface area contributed by atoms with E-state index in [1.165, 1.54) is 45.6 Å². The van der Waals surface area contributed by atoms with Crippen LogP contribution in [0, 0.1) is 5.82 Å². The molecule has 0 unspecified atom stereocenters. The van der Waals surface area contributed by atoms with Gasteiger partial charge in [0.2, 0.25) is 15.9 Å². The first-order chi connectivity index (χ1) is 23.7. The van der Waals surface area contributed by atoms with E-state index in [0.717, 1.165) is 16.9 Å². The Kier molecular flexibility index (Phi) is 12.4. The van der Waals surface area contributed by atoms with Crippen LogP contribution < -0.4 is 14.8 Å². The van der Waals surface area contributed by atoms with Gasteiger partial charge in [0, 0.05) is 32.6 Å². The van der Waals surface area contributed by atoms with Gasteiger partial charge in [-0.15, -0.1) is 0 Å². The molecule has 0 aromatic heterocycles. The predicted octanol–water partition coefficient (Wildman–Crippen LogP) is 4.23. The average Bonchev–Trinajstić information content (AvgIpc) is 3.14. The number of carbonyl (C=O) groups is 2. The van der Waals surface area contributed by atoms with Crippen LogP contribution in [0.2, 0.25) is 0 Å². The first kappa shape index (κ1) is 35.5. The van der Waals surface area contributed by atoms with E-state index >= 15 is 0 Å². The summed E-state index contributed by atoms with van der Waals surface area (Å²) in [6.07, 6.45) is 0.802. The lowest BCUT2D eigenvalue weighted by Crippen LogP contribution is -2.52. The quantitative estimate of drug-likeness (QED) is 0.199. The first-order valence-corrected chi connectivity index (χ1v) is 17.5. The van der Waals surface area contributed by atoms with Crippen molar-refractivity contribution in [1.29, 1.82) is 0 Å². The maximum Gasteiger partial charge on any atom is 0.261 e. The summed E-state index contributed by atoms with van der Waals surface area (Å²) in [5, 5.41) is 3.00. The SMILES string of the molecule is COc1ccc(CCNC(=O)[C@H](Cc2ccccc2)N(Cc2ccc(F)cc2)C(=O)COc2ccc(S(=O)(=O)N3CCOCC3)cc2)cc1. The van der Waals surface area contributed by atoms with E-state index in [2.05, 4.69) is 5.32 Å². The van der Waals surface area contributed by atoms with E-state index in [9.17, 15) is 22.4 Å². The molecule has 0 spiro atoms. The van der Waals surface area contributed by atoms with Gasteiger partial charge in [-0.25, -0.2) is 12.8 Å². The molecule has 12 heteroatoms. The number of benzene rings is 4. The standard InChI is InChI=1S/C37H40FN3O7S/c1-46-32-13-9-28(10-14-32)19-20-39-37(43)35(25-29-5-3-2-4-6-29)41(26-30-7-11-31(38)12-8-30)36(42)27-48-33-15-17-34(18-16-33)49(44,45)40-21-23-47-24-22-40/h2-18,35H,19-27H2,1H3,(H,39,43)/t35-/m0/s1. The van der Waals surface area contributed by atoms with Crippen LogP contribution in [0.4, 0.5) is 4.39 Å². The van der Waals surface area contributed by atoms with Gasteiger partial charge >= 0.3 is 0 Å². The van der Waals surface area contributed by atoms with Crippen LogP contribution in [-0.4, -0.2) is 82.0 Å². The van der Waals surface area contributed by atoms with Crippen LogP contribution in [0.3, 0.4) is 0 Å². The Morgan fingerprint density at radius 3 is 2.14 bits per heavy atom. The second-order valence-corrected chi connectivity index (χ2v) is 13.5. The van der Waals surface area contributed by atoms with Gasteiger partial charge in [-0.3, -0.25) is 9.59 Å². The fourth-order valence-corrected chi connectivity index (χ4v) is 6.86. The summed E-state index contributed by atoms with van der Waals surface area (Å²) in [6.45, 7) is 1.18. The van der Waals surface area contributed by atoms with E-state index < -0.39 is 34.4 Å². The zero-order valence-electron chi connectivity index (χ0n) is 27.3. The van der Waals surface area contributed by atoms with Crippen LogP contribution in [0.1, 0.15) is 16.7 Å². The van der Waals surface area contributed by atoms with Gasteiger partial charge in [0.05, 0.1) is 25.2 Å². The minimum Gasteiger partial charge on any atom is -0.497 e. The molecule has 0 radical (unpaired) electrons. The third-order valence-electron chi connectivity index (χ3n) is 8.20. The second kappa shape index (κ2) is 17.0. The van der Waals surface area contributed by atoms with Gasteiger partial charge < -0.3 is 24.4 Å². The van der Waals surface area contributed by atoms with E-state index in [-0.39, 0.29) is 36.9 Å². The molecule has 4 aromatic rings. The number of sulfonamides is 1. The Morgan fingerprint density at radius 1 is 0.857 bits per heavy atom.